The van der Waals surface area contributed by atoms with Crippen molar-refractivity contribution < 1.29 is 28.6 Å². The van der Waals surface area contributed by atoms with Crippen LogP contribution in [-0.2, 0) is 4.84 Å². The van der Waals surface area contributed by atoms with Crippen molar-refractivity contribution in [3.05, 3.63) is 33.6 Å². The van der Waals surface area contributed by atoms with Gasteiger partial charge in [0.05, 0.1) is 16.6 Å². The van der Waals surface area contributed by atoms with Gasteiger partial charge >= 0.3 is 5.97 Å². The normalized spacial score (nSPS) is 16.9. The number of hydrogen-bond donors (Lipinski definition) is 2. The number of benzene rings is 1. The Kier molecular flexibility index (Phi) is 4.64. The van der Waals surface area contributed by atoms with Crippen molar-refractivity contribution >= 4 is 28.3 Å². The van der Waals surface area contributed by atoms with Crippen molar-refractivity contribution in [2.45, 2.75) is 31.7 Å². The van der Waals surface area contributed by atoms with E-state index in [4.69, 9.17) is 4.84 Å². The average molecular weight is 407 g/mol. The maximum absolute atomic E-state index is 15.5. The quantitative estimate of drug-likeness (QED) is 0.755. The molecule has 1 saturated carbocycles. The van der Waals surface area contributed by atoms with Crippen molar-refractivity contribution in [2.75, 3.05) is 25.1 Å². The summed E-state index contributed by atoms with van der Waals surface area (Å²) in [5.41, 5.74) is -1.68. The Hall–Kier alpha value is -3.17. The number of nitrogens with zero attached hydrogens (tertiary/aromatic N) is 3. The number of oxime groups is 1. The Morgan fingerprint density at radius 2 is 1.90 bits per heavy atom. The summed E-state index contributed by atoms with van der Waals surface area (Å²) < 4.78 is 31.9. The van der Waals surface area contributed by atoms with Crippen molar-refractivity contribution in [2.24, 2.45) is 5.16 Å². The molecule has 29 heavy (non-hydrogen) atoms. The van der Waals surface area contributed by atoms with E-state index in [1.54, 1.807) is 0 Å². The highest BCUT2D eigenvalue weighted by Crippen LogP contribution is 2.43. The van der Waals surface area contributed by atoms with Gasteiger partial charge in [0.25, 0.3) is 0 Å². The molecule has 0 bridgehead atoms. The van der Waals surface area contributed by atoms with Crippen molar-refractivity contribution in [1.29, 1.82) is 0 Å². The Bertz CT molecular complexity index is 1100. The van der Waals surface area contributed by atoms with Crippen LogP contribution >= 0.6 is 0 Å². The molecule has 1 saturated heterocycles. The SMILES string of the molecule is CON=C1CCN(c2c(F)c(O)c3c(=O)c(C(=O)O)cn(C4CC4)c3c2F)CC1. The zero-order valence-corrected chi connectivity index (χ0v) is 15.6. The van der Waals surface area contributed by atoms with Crippen molar-refractivity contribution in [3.8, 4) is 5.75 Å². The van der Waals surface area contributed by atoms with Crippen LogP contribution in [0.1, 0.15) is 42.1 Å². The zero-order valence-electron chi connectivity index (χ0n) is 15.6. The molecule has 0 unspecified atom stereocenters. The van der Waals surface area contributed by atoms with Crippen LogP contribution in [0.4, 0.5) is 14.5 Å². The number of hydrogen-bond acceptors (Lipinski definition) is 6. The summed E-state index contributed by atoms with van der Waals surface area (Å²) in [6, 6.07) is -0.204. The average Bonchev–Trinajstić information content (AvgIpc) is 3.52. The number of rotatable bonds is 4. The number of aromatic nitrogens is 1. The fraction of sp³-hybridized carbons (Fsp3) is 0.421. The van der Waals surface area contributed by atoms with Crippen LogP contribution in [0.3, 0.4) is 0 Å². The maximum atomic E-state index is 15.5. The number of phenolic OH excluding ortho intramolecular Hbond substituents is 1. The second-order valence-corrected chi connectivity index (χ2v) is 7.19. The minimum absolute atomic E-state index is 0.204. The first-order valence-corrected chi connectivity index (χ1v) is 9.21. The van der Waals surface area contributed by atoms with Crippen molar-refractivity contribution in [3.63, 3.8) is 0 Å². The van der Waals surface area contributed by atoms with E-state index in [0.29, 0.717) is 25.7 Å². The number of carboxylic acid groups (broad SMARTS) is 1. The van der Waals surface area contributed by atoms with Gasteiger partial charge in [-0.1, -0.05) is 5.16 Å². The van der Waals surface area contributed by atoms with Crippen LogP contribution in [0, 0.1) is 11.6 Å². The molecule has 2 heterocycles. The number of fused-ring (bicyclic) bond motifs is 1. The van der Waals surface area contributed by atoms with Crippen LogP contribution in [0.25, 0.3) is 10.9 Å². The summed E-state index contributed by atoms with van der Waals surface area (Å²) in [5.74, 6) is -4.81. The predicted octanol–water partition coefficient (Wildman–Crippen LogP) is 2.62. The molecule has 1 aliphatic heterocycles. The molecule has 154 valence electrons. The van der Waals surface area contributed by atoms with E-state index in [9.17, 15) is 19.8 Å². The molecule has 2 N–H and O–H groups in total. The second-order valence-electron chi connectivity index (χ2n) is 7.19. The molecule has 0 radical (unpaired) electrons. The molecular formula is C19H19F2N3O5. The molecule has 0 spiro atoms. The van der Waals surface area contributed by atoms with E-state index in [-0.39, 0.29) is 24.6 Å². The monoisotopic (exact) mass is 407 g/mol. The summed E-state index contributed by atoms with van der Waals surface area (Å²) in [6.45, 7) is 0.504. The summed E-state index contributed by atoms with van der Waals surface area (Å²) in [7, 11) is 1.42. The topological polar surface area (TPSA) is 104 Å². The maximum Gasteiger partial charge on any atom is 0.341 e. The smallest absolute Gasteiger partial charge is 0.341 e. The van der Waals surface area contributed by atoms with E-state index < -0.39 is 45.4 Å². The molecule has 0 atom stereocenters. The Balaban J connectivity index is 1.94. The van der Waals surface area contributed by atoms with E-state index >= 15 is 8.78 Å². The largest absolute Gasteiger partial charge is 0.504 e. The Labute approximate surface area is 163 Å². The minimum Gasteiger partial charge on any atom is -0.504 e. The number of phenols is 1. The molecule has 1 aliphatic carbocycles. The van der Waals surface area contributed by atoms with E-state index in [0.717, 1.165) is 11.9 Å². The van der Waals surface area contributed by atoms with Gasteiger partial charge < -0.3 is 24.5 Å². The number of pyridine rings is 1. The lowest BCUT2D eigenvalue weighted by atomic mass is 10.0. The van der Waals surface area contributed by atoms with Crippen LogP contribution in [0.5, 0.6) is 5.75 Å². The van der Waals surface area contributed by atoms with Gasteiger partial charge in [-0.05, 0) is 12.8 Å². The molecule has 10 heteroatoms. The molecule has 1 aromatic carbocycles. The van der Waals surface area contributed by atoms with Gasteiger partial charge in [0, 0.05) is 38.2 Å². The first kappa shape index (κ1) is 19.2. The molecule has 2 fully saturated rings. The van der Waals surface area contributed by atoms with Gasteiger partial charge in [-0.25, -0.2) is 13.6 Å². The highest BCUT2D eigenvalue weighted by Gasteiger charge is 2.34. The third kappa shape index (κ3) is 3.08. The lowest BCUT2D eigenvalue weighted by Crippen LogP contribution is -2.35. The third-order valence-corrected chi connectivity index (χ3v) is 5.35. The molecule has 2 aromatic rings. The van der Waals surface area contributed by atoms with Gasteiger partial charge in [0.2, 0.25) is 5.43 Å². The fourth-order valence-electron chi connectivity index (χ4n) is 3.79. The Morgan fingerprint density at radius 3 is 2.45 bits per heavy atom. The molecule has 8 nitrogen and oxygen atoms in total. The number of aromatic carboxylic acids is 1. The lowest BCUT2D eigenvalue weighted by Gasteiger charge is -2.30. The van der Waals surface area contributed by atoms with Gasteiger partial charge in [-0.15, -0.1) is 0 Å². The van der Waals surface area contributed by atoms with E-state index in [2.05, 4.69) is 5.16 Å². The predicted molar refractivity (Wildman–Crippen MR) is 101 cm³/mol. The van der Waals surface area contributed by atoms with E-state index in [1.807, 2.05) is 0 Å². The molecule has 4 rings (SSSR count). The number of anilines is 1. The number of carboxylic acids is 1. The number of piperidine rings is 1. The van der Waals surface area contributed by atoms with Gasteiger partial charge in [-0.2, -0.15) is 0 Å². The zero-order chi connectivity index (χ0) is 20.9. The van der Waals surface area contributed by atoms with Crippen LogP contribution in [-0.4, -0.2) is 46.7 Å². The highest BCUT2D eigenvalue weighted by atomic mass is 19.1. The summed E-state index contributed by atoms with van der Waals surface area (Å²) in [5, 5.41) is 22.9. The minimum atomic E-state index is -1.52. The molecule has 0 amide bonds. The number of halogens is 2. The number of carbonyl (C=O) groups is 1. The first-order valence-electron chi connectivity index (χ1n) is 9.21. The first-order chi connectivity index (χ1) is 13.8. The van der Waals surface area contributed by atoms with Gasteiger partial charge in [0.15, 0.2) is 17.4 Å². The summed E-state index contributed by atoms with van der Waals surface area (Å²) in [4.78, 5) is 30.2. The van der Waals surface area contributed by atoms with Crippen LogP contribution < -0.4 is 10.3 Å². The summed E-state index contributed by atoms with van der Waals surface area (Å²) in [6.07, 6.45) is 3.28. The molecular weight excluding hydrogens is 388 g/mol. The van der Waals surface area contributed by atoms with Gasteiger partial charge in [-0.3, -0.25) is 4.79 Å². The standard InChI is InChI=1S/C19H19F2N3O5/c1-29-22-9-4-6-23(7-5-9)16-13(20)15-12(18(26)14(16)21)17(25)11(19(27)28)8-24(15)10-2-3-10/h8,10,26H,2-7H2,1H3,(H,27,28). The fourth-order valence-corrected chi connectivity index (χ4v) is 3.79. The van der Waals surface area contributed by atoms with Crippen LogP contribution in [0.2, 0.25) is 0 Å². The lowest BCUT2D eigenvalue weighted by molar-refractivity contribution is 0.0695. The van der Waals surface area contributed by atoms with Crippen LogP contribution in [0.15, 0.2) is 16.1 Å². The van der Waals surface area contributed by atoms with Gasteiger partial charge in [0.1, 0.15) is 18.4 Å². The summed E-state index contributed by atoms with van der Waals surface area (Å²) >= 11 is 0. The number of aromatic hydroxyl groups is 1. The molecule has 2 aliphatic rings. The third-order valence-electron chi connectivity index (χ3n) is 5.35. The highest BCUT2D eigenvalue weighted by molar-refractivity contribution is 5.97. The van der Waals surface area contributed by atoms with Crippen molar-refractivity contribution in [1.82, 2.24) is 4.57 Å². The molecule has 1 aromatic heterocycles. The Morgan fingerprint density at radius 1 is 1.24 bits per heavy atom. The second kappa shape index (κ2) is 7.02. The van der Waals surface area contributed by atoms with E-state index in [1.165, 1.54) is 16.6 Å².